The molecule has 3 aliphatic rings. The third kappa shape index (κ3) is 4.93. The lowest BCUT2D eigenvalue weighted by molar-refractivity contribution is -0.148. The Bertz CT molecular complexity index is 1070. The maximum atomic E-state index is 13.1. The molecule has 0 radical (unpaired) electrons. The first-order valence-corrected chi connectivity index (χ1v) is 11.4. The number of hydrogen-bond acceptors (Lipinski definition) is 7. The number of piperazine rings is 1. The van der Waals surface area contributed by atoms with Gasteiger partial charge in [-0.2, -0.15) is 0 Å². The van der Waals surface area contributed by atoms with E-state index >= 15 is 0 Å². The Labute approximate surface area is 179 Å². The lowest BCUT2D eigenvalue weighted by Gasteiger charge is -2.36. The number of fused-ring (bicyclic) bond motifs is 1. The van der Waals surface area contributed by atoms with Crippen LogP contribution in [-0.4, -0.2) is 81.0 Å². The van der Waals surface area contributed by atoms with Crippen molar-refractivity contribution in [1.29, 1.82) is 0 Å². The van der Waals surface area contributed by atoms with Crippen molar-refractivity contribution in [3.8, 4) is 0 Å². The molecule has 9 nitrogen and oxygen atoms in total. The van der Waals surface area contributed by atoms with Gasteiger partial charge in [0, 0.05) is 44.6 Å². The maximum absolute atomic E-state index is 13.1. The fraction of sp³-hybridized carbons (Fsp3) is 0.350. The van der Waals surface area contributed by atoms with Gasteiger partial charge in [-0.1, -0.05) is 0 Å². The number of rotatable bonds is 4. The number of carbonyl (C=O) groups is 2. The molecule has 4 rings (SSSR count). The Balaban J connectivity index is 1.27. The van der Waals surface area contributed by atoms with Crippen LogP contribution in [0.2, 0.25) is 0 Å². The summed E-state index contributed by atoms with van der Waals surface area (Å²) < 4.78 is 44.9. The lowest BCUT2D eigenvalue weighted by Crippen LogP contribution is -2.50. The average molecular weight is 448 g/mol. The molecule has 164 valence electrons. The summed E-state index contributed by atoms with van der Waals surface area (Å²) >= 11 is 0. The van der Waals surface area contributed by atoms with Crippen LogP contribution in [-0.2, 0) is 24.3 Å². The van der Waals surface area contributed by atoms with Gasteiger partial charge in [0.15, 0.2) is 6.61 Å². The van der Waals surface area contributed by atoms with Gasteiger partial charge in [0.05, 0.1) is 11.3 Å². The van der Waals surface area contributed by atoms with Gasteiger partial charge in [-0.05, 0) is 36.4 Å². The molecule has 0 bridgehead atoms. The molecule has 1 aromatic rings. The predicted octanol–water partition coefficient (Wildman–Crippen LogP) is 0.515. The molecule has 0 unspecified atom stereocenters. The zero-order valence-corrected chi connectivity index (χ0v) is 17.4. The Kier molecular flexibility index (Phi) is 5.77. The van der Waals surface area contributed by atoms with Crippen LogP contribution in [0.5, 0.6) is 0 Å². The van der Waals surface area contributed by atoms with Crippen molar-refractivity contribution in [2.75, 3.05) is 50.0 Å². The normalized spacial score (nSPS) is 20.0. The van der Waals surface area contributed by atoms with E-state index in [1.54, 1.807) is 21.9 Å². The number of benzene rings is 1. The second kappa shape index (κ2) is 8.50. The van der Waals surface area contributed by atoms with Gasteiger partial charge in [-0.15, -0.1) is 4.40 Å². The Morgan fingerprint density at radius 1 is 1.03 bits per heavy atom. The van der Waals surface area contributed by atoms with E-state index in [1.807, 2.05) is 0 Å². The lowest BCUT2D eigenvalue weighted by atomic mass is 10.2. The predicted molar refractivity (Wildman–Crippen MR) is 111 cm³/mol. The third-order valence-corrected chi connectivity index (χ3v) is 6.37. The van der Waals surface area contributed by atoms with Crippen LogP contribution in [0.1, 0.15) is 0 Å². The molecule has 0 aromatic heterocycles. The Morgan fingerprint density at radius 3 is 2.45 bits per heavy atom. The monoisotopic (exact) mass is 448 g/mol. The van der Waals surface area contributed by atoms with E-state index < -0.39 is 16.0 Å². The zero-order chi connectivity index (χ0) is 22.0. The van der Waals surface area contributed by atoms with Gasteiger partial charge in [-0.25, -0.2) is 17.6 Å². The number of sulfonamides is 1. The van der Waals surface area contributed by atoms with Crippen LogP contribution in [0.15, 0.2) is 52.6 Å². The van der Waals surface area contributed by atoms with Crippen molar-refractivity contribution >= 4 is 33.4 Å². The number of nitrogens with zero attached hydrogens (tertiary/aromatic N) is 4. The van der Waals surface area contributed by atoms with E-state index in [0.29, 0.717) is 26.2 Å². The molecule has 0 atom stereocenters. The SMILES string of the molecule is O=C(OCC(=O)N1CCN(c2ccc(F)cc2)CC1)C1=CN2CCS(=O)(=O)N=C2C=C1. The van der Waals surface area contributed by atoms with Crippen LogP contribution >= 0.6 is 0 Å². The molecule has 1 aromatic carbocycles. The Hall–Kier alpha value is -3.21. The van der Waals surface area contributed by atoms with Crippen molar-refractivity contribution < 1.29 is 27.1 Å². The fourth-order valence-electron chi connectivity index (χ4n) is 3.49. The van der Waals surface area contributed by atoms with Crippen LogP contribution in [0, 0.1) is 5.82 Å². The summed E-state index contributed by atoms with van der Waals surface area (Å²) in [7, 11) is -3.47. The number of amidine groups is 1. The van der Waals surface area contributed by atoms with Gasteiger partial charge in [-0.3, -0.25) is 4.79 Å². The molecule has 0 spiro atoms. The van der Waals surface area contributed by atoms with Gasteiger partial charge < -0.3 is 19.4 Å². The summed E-state index contributed by atoms with van der Waals surface area (Å²) in [6, 6.07) is 6.21. The van der Waals surface area contributed by atoms with Crippen LogP contribution < -0.4 is 4.90 Å². The molecule has 1 saturated heterocycles. The summed E-state index contributed by atoms with van der Waals surface area (Å²) in [6.07, 6.45) is 4.33. The molecular formula is C20H21FN4O5S. The molecule has 31 heavy (non-hydrogen) atoms. The first-order valence-electron chi connectivity index (χ1n) is 9.75. The first-order chi connectivity index (χ1) is 14.8. The number of anilines is 1. The minimum atomic E-state index is -3.47. The average Bonchev–Trinajstić information content (AvgIpc) is 2.77. The minimum absolute atomic E-state index is 0.133. The highest BCUT2D eigenvalue weighted by molar-refractivity contribution is 7.90. The fourth-order valence-corrected chi connectivity index (χ4v) is 4.46. The largest absolute Gasteiger partial charge is 0.452 e. The molecule has 1 fully saturated rings. The van der Waals surface area contributed by atoms with E-state index in [2.05, 4.69) is 9.30 Å². The van der Waals surface area contributed by atoms with E-state index in [4.69, 9.17) is 4.74 Å². The van der Waals surface area contributed by atoms with E-state index in [1.165, 1.54) is 30.5 Å². The topological polar surface area (TPSA) is 99.6 Å². The summed E-state index contributed by atoms with van der Waals surface area (Å²) in [4.78, 5) is 30.0. The van der Waals surface area contributed by atoms with E-state index in [0.717, 1.165) is 5.69 Å². The summed E-state index contributed by atoms with van der Waals surface area (Å²) in [5.74, 6) is -1.14. The molecule has 3 heterocycles. The number of carbonyl (C=O) groups excluding carboxylic acids is 2. The van der Waals surface area contributed by atoms with Crippen molar-refractivity contribution in [3.63, 3.8) is 0 Å². The second-order valence-electron chi connectivity index (χ2n) is 7.27. The van der Waals surface area contributed by atoms with Gasteiger partial charge >= 0.3 is 5.97 Å². The summed E-state index contributed by atoms with van der Waals surface area (Å²) in [5, 5.41) is 0. The maximum Gasteiger partial charge on any atom is 0.340 e. The quantitative estimate of drug-likeness (QED) is 0.619. The second-order valence-corrected chi connectivity index (χ2v) is 9.02. The zero-order valence-electron chi connectivity index (χ0n) is 16.6. The number of esters is 1. The van der Waals surface area contributed by atoms with Gasteiger partial charge in [0.25, 0.3) is 15.9 Å². The molecule has 0 aliphatic carbocycles. The van der Waals surface area contributed by atoms with Crippen molar-refractivity contribution in [2.45, 2.75) is 0 Å². The van der Waals surface area contributed by atoms with Crippen LogP contribution in [0.25, 0.3) is 0 Å². The highest BCUT2D eigenvalue weighted by atomic mass is 32.2. The first kappa shape index (κ1) is 21.0. The molecule has 0 N–H and O–H groups in total. The minimum Gasteiger partial charge on any atom is -0.452 e. The van der Waals surface area contributed by atoms with Crippen molar-refractivity contribution in [1.82, 2.24) is 9.80 Å². The number of amides is 1. The Morgan fingerprint density at radius 2 is 1.74 bits per heavy atom. The van der Waals surface area contributed by atoms with Crippen LogP contribution in [0.3, 0.4) is 0 Å². The summed E-state index contributed by atoms with van der Waals surface area (Å²) in [5.41, 5.74) is 1.11. The van der Waals surface area contributed by atoms with E-state index in [-0.39, 0.29) is 42.0 Å². The molecular weight excluding hydrogens is 427 g/mol. The standard InChI is InChI=1S/C20H21FN4O5S/c21-16-2-4-17(5-3-16)23-7-9-24(10-8-23)19(26)14-30-20(27)15-1-6-18-22-31(28,29)12-11-25(18)13-15/h1-6,13H,7-12,14H2. The van der Waals surface area contributed by atoms with Crippen LogP contribution in [0.4, 0.5) is 10.1 Å². The number of ether oxygens (including phenoxy) is 1. The smallest absolute Gasteiger partial charge is 0.340 e. The highest BCUT2D eigenvalue weighted by Crippen LogP contribution is 2.18. The molecule has 0 saturated carbocycles. The summed E-state index contributed by atoms with van der Waals surface area (Å²) in [6.45, 7) is 1.95. The highest BCUT2D eigenvalue weighted by Gasteiger charge is 2.26. The number of halogens is 1. The van der Waals surface area contributed by atoms with Gasteiger partial charge in [0.1, 0.15) is 11.7 Å². The third-order valence-electron chi connectivity index (χ3n) is 5.21. The molecule has 11 heteroatoms. The molecule has 3 aliphatic heterocycles. The van der Waals surface area contributed by atoms with E-state index in [9.17, 15) is 22.4 Å². The van der Waals surface area contributed by atoms with Gasteiger partial charge in [0.2, 0.25) is 0 Å². The number of hydrogen-bond donors (Lipinski definition) is 0. The molecule has 1 amide bonds. The van der Waals surface area contributed by atoms with Crippen molar-refractivity contribution in [3.05, 3.63) is 54.0 Å². The van der Waals surface area contributed by atoms with Crippen molar-refractivity contribution in [2.24, 2.45) is 4.40 Å².